The summed E-state index contributed by atoms with van der Waals surface area (Å²) in [6.07, 6.45) is 0.713. The predicted octanol–water partition coefficient (Wildman–Crippen LogP) is -0.596. The molecule has 1 rings (SSSR count). The molecule has 18 heavy (non-hydrogen) atoms. The number of hydrogen-bond acceptors (Lipinski definition) is 5. The highest BCUT2D eigenvalue weighted by molar-refractivity contribution is 5.51. The second-order valence-electron chi connectivity index (χ2n) is 3.81. The largest absolute Gasteiger partial charge is 0.385 e. The molecule has 1 heterocycles. The minimum atomic E-state index is -0.588. The Balaban J connectivity index is 3.15. The SMILES string of the molecule is COCCCNc1c(C#N)c(=O)n(C)c(=O)n1C. The minimum Gasteiger partial charge on any atom is -0.385 e. The van der Waals surface area contributed by atoms with Crippen LogP contribution in [0.3, 0.4) is 0 Å². The van der Waals surface area contributed by atoms with Crippen molar-refractivity contribution in [1.29, 1.82) is 5.26 Å². The maximum absolute atomic E-state index is 11.7. The highest BCUT2D eigenvalue weighted by atomic mass is 16.5. The van der Waals surface area contributed by atoms with E-state index in [1.54, 1.807) is 7.11 Å². The molecule has 1 N–H and O–H groups in total. The first kappa shape index (κ1) is 14.0. The zero-order valence-corrected chi connectivity index (χ0v) is 10.7. The summed E-state index contributed by atoms with van der Waals surface area (Å²) in [4.78, 5) is 23.5. The lowest BCUT2D eigenvalue weighted by Gasteiger charge is -2.13. The molecular formula is C11H16N4O3. The number of rotatable bonds is 5. The van der Waals surface area contributed by atoms with Crippen LogP contribution in [0.2, 0.25) is 0 Å². The Morgan fingerprint density at radius 3 is 2.56 bits per heavy atom. The van der Waals surface area contributed by atoms with Crippen molar-refractivity contribution in [2.45, 2.75) is 6.42 Å². The van der Waals surface area contributed by atoms with Gasteiger partial charge >= 0.3 is 5.69 Å². The number of ether oxygens (including phenoxy) is 1. The van der Waals surface area contributed by atoms with E-state index in [-0.39, 0.29) is 11.4 Å². The van der Waals surface area contributed by atoms with Crippen LogP contribution >= 0.6 is 0 Å². The van der Waals surface area contributed by atoms with Gasteiger partial charge in [0.1, 0.15) is 11.9 Å². The van der Waals surface area contributed by atoms with Crippen LogP contribution in [-0.2, 0) is 18.8 Å². The Morgan fingerprint density at radius 2 is 2.00 bits per heavy atom. The monoisotopic (exact) mass is 252 g/mol. The Morgan fingerprint density at radius 1 is 1.33 bits per heavy atom. The predicted molar refractivity (Wildman–Crippen MR) is 66.6 cm³/mol. The number of methoxy groups -OCH3 is 1. The van der Waals surface area contributed by atoms with Gasteiger partial charge < -0.3 is 10.1 Å². The molecule has 7 heteroatoms. The van der Waals surface area contributed by atoms with E-state index in [2.05, 4.69) is 5.32 Å². The maximum Gasteiger partial charge on any atom is 0.332 e. The van der Waals surface area contributed by atoms with Gasteiger partial charge in [-0.25, -0.2) is 4.79 Å². The second-order valence-corrected chi connectivity index (χ2v) is 3.81. The lowest BCUT2D eigenvalue weighted by Crippen LogP contribution is -2.40. The van der Waals surface area contributed by atoms with Crippen LogP contribution in [-0.4, -0.2) is 29.4 Å². The van der Waals surface area contributed by atoms with E-state index in [4.69, 9.17) is 10.00 Å². The van der Waals surface area contributed by atoms with Crippen molar-refractivity contribution in [3.63, 3.8) is 0 Å². The third-order valence-electron chi connectivity index (χ3n) is 2.59. The Bertz CT molecular complexity index is 580. The van der Waals surface area contributed by atoms with Crippen LogP contribution in [0, 0.1) is 11.3 Å². The van der Waals surface area contributed by atoms with Crippen LogP contribution in [0.5, 0.6) is 0 Å². The summed E-state index contributed by atoms with van der Waals surface area (Å²) in [6.45, 7) is 1.08. The Hall–Kier alpha value is -2.07. The molecule has 0 aliphatic rings. The first-order chi connectivity index (χ1) is 8.54. The number of anilines is 1. The molecule has 0 saturated carbocycles. The summed E-state index contributed by atoms with van der Waals surface area (Å²) in [7, 11) is 4.45. The summed E-state index contributed by atoms with van der Waals surface area (Å²) in [5.41, 5.74) is -1.11. The van der Waals surface area contributed by atoms with Gasteiger partial charge in [0, 0.05) is 34.4 Å². The van der Waals surface area contributed by atoms with E-state index in [1.165, 1.54) is 18.7 Å². The Labute approximate surface area is 104 Å². The molecule has 0 aliphatic carbocycles. The number of nitriles is 1. The van der Waals surface area contributed by atoms with Crippen molar-refractivity contribution in [3.05, 3.63) is 26.4 Å². The van der Waals surface area contributed by atoms with E-state index < -0.39 is 11.2 Å². The van der Waals surface area contributed by atoms with E-state index in [0.29, 0.717) is 19.6 Å². The van der Waals surface area contributed by atoms with Gasteiger partial charge in [0.15, 0.2) is 5.56 Å². The number of hydrogen-bond donors (Lipinski definition) is 1. The van der Waals surface area contributed by atoms with Gasteiger partial charge in [-0.05, 0) is 6.42 Å². The first-order valence-electron chi connectivity index (χ1n) is 5.47. The lowest BCUT2D eigenvalue weighted by atomic mass is 10.3. The van der Waals surface area contributed by atoms with Crippen molar-refractivity contribution < 1.29 is 4.74 Å². The van der Waals surface area contributed by atoms with Crippen molar-refractivity contribution in [1.82, 2.24) is 9.13 Å². The zero-order valence-electron chi connectivity index (χ0n) is 10.7. The third-order valence-corrected chi connectivity index (χ3v) is 2.59. The van der Waals surface area contributed by atoms with Gasteiger partial charge in [0.25, 0.3) is 5.56 Å². The topological polar surface area (TPSA) is 89.1 Å². The average Bonchev–Trinajstić information content (AvgIpc) is 2.38. The first-order valence-corrected chi connectivity index (χ1v) is 5.47. The van der Waals surface area contributed by atoms with Crippen LogP contribution in [0.25, 0.3) is 0 Å². The van der Waals surface area contributed by atoms with Gasteiger partial charge in [-0.3, -0.25) is 13.9 Å². The lowest BCUT2D eigenvalue weighted by molar-refractivity contribution is 0.197. The van der Waals surface area contributed by atoms with Gasteiger partial charge in [-0.2, -0.15) is 5.26 Å². The molecule has 0 bridgehead atoms. The molecule has 0 aromatic carbocycles. The van der Waals surface area contributed by atoms with E-state index in [0.717, 1.165) is 4.57 Å². The van der Waals surface area contributed by atoms with E-state index in [1.807, 2.05) is 6.07 Å². The maximum atomic E-state index is 11.7. The molecule has 0 aliphatic heterocycles. The minimum absolute atomic E-state index is 0.0583. The molecular weight excluding hydrogens is 236 g/mol. The molecule has 0 saturated heterocycles. The Kier molecular flexibility index (Phi) is 4.68. The van der Waals surface area contributed by atoms with E-state index in [9.17, 15) is 9.59 Å². The second kappa shape index (κ2) is 6.02. The highest BCUT2D eigenvalue weighted by Crippen LogP contribution is 2.06. The van der Waals surface area contributed by atoms with Gasteiger partial charge in [-0.15, -0.1) is 0 Å². The van der Waals surface area contributed by atoms with Crippen molar-refractivity contribution in [2.24, 2.45) is 14.1 Å². The third kappa shape index (κ3) is 2.60. The van der Waals surface area contributed by atoms with Crippen molar-refractivity contribution in [2.75, 3.05) is 25.6 Å². The molecule has 0 amide bonds. The molecule has 98 valence electrons. The molecule has 0 radical (unpaired) electrons. The fourth-order valence-electron chi connectivity index (χ4n) is 1.58. The number of nitrogens with one attached hydrogen (secondary N) is 1. The summed E-state index contributed by atoms with van der Waals surface area (Å²) >= 11 is 0. The van der Waals surface area contributed by atoms with Crippen molar-refractivity contribution >= 4 is 5.82 Å². The molecule has 1 aromatic rings. The van der Waals surface area contributed by atoms with E-state index >= 15 is 0 Å². The smallest absolute Gasteiger partial charge is 0.332 e. The summed E-state index contributed by atoms with van der Waals surface area (Å²) in [5, 5.41) is 11.9. The van der Waals surface area contributed by atoms with Crippen LogP contribution in [0.4, 0.5) is 5.82 Å². The summed E-state index contributed by atoms with van der Waals surface area (Å²) < 4.78 is 7.07. The normalized spacial score (nSPS) is 10.1. The van der Waals surface area contributed by atoms with Crippen molar-refractivity contribution in [3.8, 4) is 6.07 Å². The molecule has 7 nitrogen and oxygen atoms in total. The molecule has 0 fully saturated rings. The standard InChI is InChI=1S/C11H16N4O3/c1-14-9(13-5-4-6-18-3)8(7-12)10(16)15(2)11(14)17/h13H,4-6H2,1-3H3. The van der Waals surface area contributed by atoms with Gasteiger partial charge in [0.05, 0.1) is 0 Å². The summed E-state index contributed by atoms with van der Waals surface area (Å²) in [5.74, 6) is 0.252. The molecule has 0 unspecified atom stereocenters. The van der Waals surface area contributed by atoms with Gasteiger partial charge in [-0.1, -0.05) is 0 Å². The summed E-state index contributed by atoms with van der Waals surface area (Å²) in [6, 6.07) is 1.83. The number of aromatic nitrogens is 2. The van der Waals surface area contributed by atoms with Crippen LogP contribution < -0.4 is 16.6 Å². The van der Waals surface area contributed by atoms with Crippen LogP contribution in [0.15, 0.2) is 9.59 Å². The zero-order chi connectivity index (χ0) is 13.7. The molecule has 1 aromatic heterocycles. The fraction of sp³-hybridized carbons (Fsp3) is 0.545. The number of nitrogens with zero attached hydrogens (tertiary/aromatic N) is 3. The van der Waals surface area contributed by atoms with Crippen LogP contribution in [0.1, 0.15) is 12.0 Å². The molecule has 0 spiro atoms. The highest BCUT2D eigenvalue weighted by Gasteiger charge is 2.14. The quantitative estimate of drug-likeness (QED) is 0.707. The fourth-order valence-corrected chi connectivity index (χ4v) is 1.58. The van der Waals surface area contributed by atoms with Gasteiger partial charge in [0.2, 0.25) is 0 Å². The molecule has 0 atom stereocenters. The average molecular weight is 252 g/mol.